The molecule has 3 nitrogen and oxygen atoms in total. The number of oxazole rings is 1. The molecule has 3 heterocycles. The van der Waals surface area contributed by atoms with Gasteiger partial charge in [0.25, 0.3) is 0 Å². The van der Waals surface area contributed by atoms with Gasteiger partial charge in [-0.15, -0.1) is 11.3 Å². The van der Waals surface area contributed by atoms with Gasteiger partial charge in [-0.1, -0.05) is 91.0 Å². The highest BCUT2D eigenvalue weighted by atomic mass is 32.1. The van der Waals surface area contributed by atoms with Gasteiger partial charge in [-0.05, 0) is 53.2 Å². The largest absolute Gasteiger partial charge is 0.436 e. The molecule has 0 bridgehead atoms. The summed E-state index contributed by atoms with van der Waals surface area (Å²) >= 11 is 1.84. The molecule has 0 saturated heterocycles. The lowest BCUT2D eigenvalue weighted by atomic mass is 10.0. The Hall–Kier alpha value is -5.45. The predicted molar refractivity (Wildman–Crippen MR) is 182 cm³/mol. The van der Waals surface area contributed by atoms with E-state index < -0.39 is 0 Å². The Morgan fingerprint density at radius 3 is 2.23 bits per heavy atom. The number of rotatable bonds is 2. The summed E-state index contributed by atoms with van der Waals surface area (Å²) in [6.45, 7) is 0. The minimum atomic E-state index is 0.659. The minimum Gasteiger partial charge on any atom is -0.436 e. The van der Waals surface area contributed by atoms with E-state index in [0.717, 1.165) is 16.7 Å². The van der Waals surface area contributed by atoms with Gasteiger partial charge in [0.2, 0.25) is 5.89 Å². The molecule has 0 aliphatic carbocycles. The number of nitrogens with zero attached hydrogens (tertiary/aromatic N) is 2. The normalized spacial score (nSPS) is 12.2. The molecule has 0 radical (unpaired) electrons. The maximum Gasteiger partial charge on any atom is 0.227 e. The molecule has 10 rings (SSSR count). The molecule has 7 aromatic carbocycles. The lowest BCUT2D eigenvalue weighted by Crippen LogP contribution is -1.94. The molecular weight excluding hydrogens is 545 g/mol. The second-order valence-electron chi connectivity index (χ2n) is 11.2. The summed E-state index contributed by atoms with van der Waals surface area (Å²) in [4.78, 5) is 4.74. The Bertz CT molecular complexity index is 2710. The Kier molecular flexibility index (Phi) is 4.60. The topological polar surface area (TPSA) is 31.0 Å². The van der Waals surface area contributed by atoms with Crippen LogP contribution in [0.25, 0.3) is 91.8 Å². The number of para-hydroxylation sites is 3. The standard InChI is InChI=1S/C39H22N2OS/c1-2-8-27-23(7-1)14-19-30-28-9-3-5-11-34(28)41(37(27)30)26-17-13-24-15-20-31-29-18-16-25(21-36(29)43-38(31)32(24)22-26)39-40-33-10-4-6-12-35(33)42-39/h1-22H. The zero-order chi connectivity index (χ0) is 28.1. The van der Waals surface area contributed by atoms with E-state index in [1.54, 1.807) is 0 Å². The summed E-state index contributed by atoms with van der Waals surface area (Å²) in [6, 6.07) is 47.9. The van der Waals surface area contributed by atoms with Crippen molar-refractivity contribution >= 4 is 86.0 Å². The molecule has 0 fully saturated rings. The summed E-state index contributed by atoms with van der Waals surface area (Å²) in [7, 11) is 0. The van der Waals surface area contributed by atoms with E-state index in [0.29, 0.717) is 5.89 Å². The van der Waals surface area contributed by atoms with E-state index in [-0.39, 0.29) is 0 Å². The van der Waals surface area contributed by atoms with Gasteiger partial charge in [0.05, 0.1) is 11.0 Å². The highest BCUT2D eigenvalue weighted by molar-refractivity contribution is 7.26. The summed E-state index contributed by atoms with van der Waals surface area (Å²) in [5, 5.41) is 10.1. The molecule has 0 aliphatic heterocycles. The maximum absolute atomic E-state index is 6.10. The Morgan fingerprint density at radius 2 is 1.30 bits per heavy atom. The fourth-order valence-corrected chi connectivity index (χ4v) is 8.08. The minimum absolute atomic E-state index is 0.659. The third-order valence-corrected chi connectivity index (χ3v) is 10.00. The van der Waals surface area contributed by atoms with E-state index in [2.05, 4.69) is 114 Å². The Morgan fingerprint density at radius 1 is 0.558 bits per heavy atom. The number of thiophene rings is 1. The van der Waals surface area contributed by atoms with Crippen LogP contribution in [0.4, 0.5) is 0 Å². The highest BCUT2D eigenvalue weighted by Crippen LogP contribution is 2.42. The molecule has 0 atom stereocenters. The number of aromatic nitrogens is 2. The van der Waals surface area contributed by atoms with E-state index >= 15 is 0 Å². The third kappa shape index (κ3) is 3.27. The molecule has 0 saturated carbocycles. The summed E-state index contributed by atoms with van der Waals surface area (Å²) in [5.41, 5.74) is 6.34. The Labute approximate surface area is 249 Å². The number of fused-ring (bicyclic) bond motifs is 11. The lowest BCUT2D eigenvalue weighted by Gasteiger charge is -2.11. The number of benzene rings is 7. The Balaban J connectivity index is 1.23. The van der Waals surface area contributed by atoms with Crippen molar-refractivity contribution in [2.24, 2.45) is 0 Å². The van der Waals surface area contributed by atoms with Gasteiger partial charge in [-0.3, -0.25) is 0 Å². The molecule has 200 valence electrons. The average Bonchev–Trinajstić information content (AvgIpc) is 3.76. The van der Waals surface area contributed by atoms with Crippen molar-refractivity contribution in [1.82, 2.24) is 9.55 Å². The van der Waals surface area contributed by atoms with E-state index in [9.17, 15) is 0 Å². The van der Waals surface area contributed by atoms with Gasteiger partial charge >= 0.3 is 0 Å². The maximum atomic E-state index is 6.10. The van der Waals surface area contributed by atoms with Gasteiger partial charge in [-0.25, -0.2) is 4.98 Å². The molecule has 0 unspecified atom stereocenters. The van der Waals surface area contributed by atoms with E-state index in [1.807, 2.05) is 35.6 Å². The third-order valence-electron chi connectivity index (χ3n) is 8.80. The quantitative estimate of drug-likeness (QED) is 0.208. The van der Waals surface area contributed by atoms with Crippen LogP contribution in [0.2, 0.25) is 0 Å². The molecule has 0 N–H and O–H groups in total. The smallest absolute Gasteiger partial charge is 0.227 e. The van der Waals surface area contributed by atoms with Crippen LogP contribution in [0.3, 0.4) is 0 Å². The molecule has 43 heavy (non-hydrogen) atoms. The van der Waals surface area contributed by atoms with Crippen LogP contribution < -0.4 is 0 Å². The lowest BCUT2D eigenvalue weighted by molar-refractivity contribution is 0.620. The van der Waals surface area contributed by atoms with Crippen LogP contribution in [0.5, 0.6) is 0 Å². The van der Waals surface area contributed by atoms with Gasteiger partial charge in [0.15, 0.2) is 5.58 Å². The molecule has 0 amide bonds. The van der Waals surface area contributed by atoms with Gasteiger partial charge in [0.1, 0.15) is 5.52 Å². The highest BCUT2D eigenvalue weighted by Gasteiger charge is 2.17. The van der Waals surface area contributed by atoms with Crippen molar-refractivity contribution in [2.75, 3.05) is 0 Å². The monoisotopic (exact) mass is 566 g/mol. The fourth-order valence-electron chi connectivity index (χ4n) is 6.81. The SMILES string of the molecule is c1ccc2c(c1)ccc1c3ccccc3n(-c3ccc4ccc5c6ccc(-c7nc8ccccc8o7)cc6sc5c4c3)c21. The first-order valence-corrected chi connectivity index (χ1v) is 15.3. The first kappa shape index (κ1) is 23.1. The zero-order valence-electron chi connectivity index (χ0n) is 22.9. The first-order valence-electron chi connectivity index (χ1n) is 14.5. The zero-order valence-corrected chi connectivity index (χ0v) is 23.7. The van der Waals surface area contributed by atoms with Crippen molar-refractivity contribution < 1.29 is 4.42 Å². The molecule has 0 spiro atoms. The molecule has 3 aromatic heterocycles. The first-order chi connectivity index (χ1) is 21.3. The number of hydrogen-bond donors (Lipinski definition) is 0. The molecule has 4 heteroatoms. The number of hydrogen-bond acceptors (Lipinski definition) is 3. The van der Waals surface area contributed by atoms with Crippen LogP contribution in [-0.2, 0) is 0 Å². The van der Waals surface area contributed by atoms with E-state index in [1.165, 1.54) is 69.2 Å². The van der Waals surface area contributed by atoms with Crippen molar-refractivity contribution in [3.05, 3.63) is 133 Å². The summed E-state index contributed by atoms with van der Waals surface area (Å²) in [6.07, 6.45) is 0. The van der Waals surface area contributed by atoms with Gasteiger partial charge in [0, 0.05) is 53.0 Å². The van der Waals surface area contributed by atoms with Gasteiger partial charge < -0.3 is 8.98 Å². The van der Waals surface area contributed by atoms with Crippen molar-refractivity contribution in [3.63, 3.8) is 0 Å². The van der Waals surface area contributed by atoms with Crippen LogP contribution in [-0.4, -0.2) is 9.55 Å². The molecule has 0 aliphatic rings. The second kappa shape index (κ2) is 8.54. The average molecular weight is 567 g/mol. The van der Waals surface area contributed by atoms with Crippen molar-refractivity contribution in [3.8, 4) is 17.1 Å². The van der Waals surface area contributed by atoms with E-state index in [4.69, 9.17) is 9.40 Å². The predicted octanol–water partition coefficient (Wildman–Crippen LogP) is 11.3. The van der Waals surface area contributed by atoms with Gasteiger partial charge in [-0.2, -0.15) is 0 Å². The van der Waals surface area contributed by atoms with Crippen LogP contribution in [0.1, 0.15) is 0 Å². The molecule has 10 aromatic rings. The van der Waals surface area contributed by atoms with Crippen LogP contribution >= 0.6 is 11.3 Å². The van der Waals surface area contributed by atoms with Crippen LogP contribution in [0.15, 0.2) is 138 Å². The summed E-state index contributed by atoms with van der Waals surface area (Å²) < 4.78 is 11.1. The van der Waals surface area contributed by atoms with Crippen molar-refractivity contribution in [2.45, 2.75) is 0 Å². The molecular formula is C39H22N2OS. The van der Waals surface area contributed by atoms with Crippen LogP contribution in [0, 0.1) is 0 Å². The van der Waals surface area contributed by atoms with Crippen molar-refractivity contribution in [1.29, 1.82) is 0 Å². The summed E-state index contributed by atoms with van der Waals surface area (Å²) in [5.74, 6) is 0.659. The second-order valence-corrected chi connectivity index (χ2v) is 12.2. The fraction of sp³-hybridized carbons (Fsp3) is 0.